The monoisotopic (exact) mass is 479 g/mol. The van der Waals surface area contributed by atoms with E-state index in [0.29, 0.717) is 19.4 Å². The molecule has 1 amide bonds. The third kappa shape index (κ3) is 8.66. The maximum Gasteiger partial charge on any atom is 0.305 e. The maximum atomic E-state index is 12.3. The van der Waals surface area contributed by atoms with Crippen molar-refractivity contribution in [3.63, 3.8) is 0 Å². The van der Waals surface area contributed by atoms with Gasteiger partial charge in [-0.25, -0.2) is 0 Å². The van der Waals surface area contributed by atoms with E-state index in [1.807, 2.05) is 61.2 Å². The lowest BCUT2D eigenvalue weighted by molar-refractivity contribution is -0.140. The Balaban J connectivity index is 0.00000210. The summed E-state index contributed by atoms with van der Waals surface area (Å²) in [4.78, 5) is 25.4. The number of unbranched alkanes of at least 4 members (excludes halogenated alkanes) is 3. The number of aliphatic hydroxyl groups excluding tert-OH is 1. The van der Waals surface area contributed by atoms with Crippen molar-refractivity contribution in [1.29, 1.82) is 0 Å². The second kappa shape index (κ2) is 15.2. The Labute approximate surface area is 210 Å². The minimum absolute atomic E-state index is 0.0294. The molecule has 0 saturated carbocycles. The van der Waals surface area contributed by atoms with Crippen LogP contribution < -0.4 is 0 Å². The number of esters is 1. The number of likely N-dealkylation sites (tertiary alicyclic amines) is 1. The molecule has 0 aromatic heterocycles. The fraction of sp³-hybridized carbons (Fsp3) is 0.467. The van der Waals surface area contributed by atoms with Crippen molar-refractivity contribution in [3.8, 4) is 11.1 Å². The molecule has 1 saturated heterocycles. The number of aryl methyl sites for hydroxylation is 1. The lowest BCUT2D eigenvalue weighted by atomic mass is 9.97. The van der Waals surface area contributed by atoms with Crippen LogP contribution in [0.5, 0.6) is 0 Å². The van der Waals surface area contributed by atoms with Gasteiger partial charge in [0.25, 0.3) is 0 Å². The van der Waals surface area contributed by atoms with Crippen LogP contribution in [-0.2, 0) is 14.3 Å². The number of aliphatic hydroxyl groups is 1. The molecule has 190 valence electrons. The molecule has 2 aromatic rings. The van der Waals surface area contributed by atoms with Crippen LogP contribution in [0.2, 0.25) is 0 Å². The molecule has 2 aromatic carbocycles. The van der Waals surface area contributed by atoms with Crippen molar-refractivity contribution in [1.82, 2.24) is 4.90 Å². The van der Waals surface area contributed by atoms with Crippen molar-refractivity contribution in [2.24, 2.45) is 0 Å². The second-order valence-corrected chi connectivity index (χ2v) is 8.70. The quantitative estimate of drug-likeness (QED) is 0.230. The average Bonchev–Trinajstić information content (AvgIpc) is 3.24. The van der Waals surface area contributed by atoms with E-state index < -0.39 is 6.10 Å². The average molecular weight is 480 g/mol. The van der Waals surface area contributed by atoms with Crippen LogP contribution in [0.3, 0.4) is 0 Å². The van der Waals surface area contributed by atoms with Gasteiger partial charge in [0.05, 0.1) is 19.3 Å². The van der Waals surface area contributed by atoms with Crippen LogP contribution in [0.25, 0.3) is 11.1 Å². The third-order valence-electron chi connectivity index (χ3n) is 6.33. The van der Waals surface area contributed by atoms with E-state index in [2.05, 4.69) is 29.9 Å². The first kappa shape index (κ1) is 28.3. The third-order valence-corrected chi connectivity index (χ3v) is 6.33. The number of carbonyl (C=O) groups is 2. The number of carbonyl (C=O) groups excluding carboxylic acids is 2. The number of benzene rings is 2. The Hall–Kier alpha value is -2.92. The molecule has 0 bridgehead atoms. The highest BCUT2D eigenvalue weighted by Crippen LogP contribution is 2.27. The molecule has 0 radical (unpaired) electrons. The number of methoxy groups -OCH3 is 1. The van der Waals surface area contributed by atoms with Gasteiger partial charge in [0.2, 0.25) is 5.91 Å². The molecule has 0 spiro atoms. The van der Waals surface area contributed by atoms with Crippen LogP contribution in [0.4, 0.5) is 0 Å². The molecule has 0 aliphatic carbocycles. The van der Waals surface area contributed by atoms with Gasteiger partial charge >= 0.3 is 5.97 Å². The van der Waals surface area contributed by atoms with Crippen molar-refractivity contribution < 1.29 is 19.4 Å². The first-order chi connectivity index (χ1) is 17.0. The lowest BCUT2D eigenvalue weighted by Crippen LogP contribution is -2.32. The van der Waals surface area contributed by atoms with E-state index in [0.717, 1.165) is 48.8 Å². The van der Waals surface area contributed by atoms with Gasteiger partial charge in [-0.15, -0.1) is 0 Å². The Morgan fingerprint density at radius 2 is 1.86 bits per heavy atom. The summed E-state index contributed by atoms with van der Waals surface area (Å²) >= 11 is 0. The normalized spacial score (nSPS) is 16.2. The minimum Gasteiger partial charge on any atom is -0.469 e. The molecular formula is C30H41NO4. The number of rotatable bonds is 11. The maximum absolute atomic E-state index is 12.3. The topological polar surface area (TPSA) is 66.8 Å². The summed E-state index contributed by atoms with van der Waals surface area (Å²) in [6, 6.07) is 16.3. The van der Waals surface area contributed by atoms with E-state index >= 15 is 0 Å². The fourth-order valence-corrected chi connectivity index (χ4v) is 4.39. The molecule has 1 aliphatic heterocycles. The molecule has 1 fully saturated rings. The summed E-state index contributed by atoms with van der Waals surface area (Å²) in [5.74, 6) is 0.00756. The summed E-state index contributed by atoms with van der Waals surface area (Å²) in [5, 5.41) is 10.8. The highest BCUT2D eigenvalue weighted by atomic mass is 16.5. The summed E-state index contributed by atoms with van der Waals surface area (Å²) in [5.41, 5.74) is 4.29. The highest BCUT2D eigenvalue weighted by molar-refractivity contribution is 5.79. The predicted molar refractivity (Wildman–Crippen MR) is 142 cm³/mol. The summed E-state index contributed by atoms with van der Waals surface area (Å²) in [6.07, 6.45) is 8.52. The second-order valence-electron chi connectivity index (χ2n) is 8.70. The Bertz CT molecular complexity index is 968. The van der Waals surface area contributed by atoms with E-state index in [4.69, 9.17) is 0 Å². The van der Waals surface area contributed by atoms with E-state index in [1.165, 1.54) is 12.7 Å². The molecule has 2 unspecified atom stereocenters. The predicted octanol–water partition coefficient (Wildman–Crippen LogP) is 6.39. The number of hydrogen-bond donors (Lipinski definition) is 1. The van der Waals surface area contributed by atoms with Crippen LogP contribution in [0.1, 0.15) is 76.0 Å². The SMILES string of the molecule is CC.COC(=O)CCCCCCN1C(=O)CCC1/C=C/C(O)c1cccc(-c2ccccc2C)c1. The lowest BCUT2D eigenvalue weighted by Gasteiger charge is -2.22. The first-order valence-corrected chi connectivity index (χ1v) is 12.9. The highest BCUT2D eigenvalue weighted by Gasteiger charge is 2.28. The van der Waals surface area contributed by atoms with Gasteiger partial charge in [-0.2, -0.15) is 0 Å². The van der Waals surface area contributed by atoms with E-state index in [-0.39, 0.29) is 17.9 Å². The van der Waals surface area contributed by atoms with Crippen molar-refractivity contribution >= 4 is 11.9 Å². The van der Waals surface area contributed by atoms with Gasteiger partial charge < -0.3 is 14.7 Å². The number of nitrogens with zero attached hydrogens (tertiary/aromatic N) is 1. The fourth-order valence-electron chi connectivity index (χ4n) is 4.39. The summed E-state index contributed by atoms with van der Waals surface area (Å²) in [6.45, 7) is 6.80. The van der Waals surface area contributed by atoms with Crippen LogP contribution >= 0.6 is 0 Å². The molecule has 1 N–H and O–H groups in total. The van der Waals surface area contributed by atoms with E-state index in [1.54, 1.807) is 0 Å². The molecule has 2 atom stereocenters. The zero-order valence-corrected chi connectivity index (χ0v) is 21.7. The minimum atomic E-state index is -0.718. The first-order valence-electron chi connectivity index (χ1n) is 12.9. The van der Waals surface area contributed by atoms with Crippen LogP contribution in [0, 0.1) is 6.92 Å². The molecule has 35 heavy (non-hydrogen) atoms. The van der Waals surface area contributed by atoms with Gasteiger partial charge in [0.1, 0.15) is 0 Å². The number of amides is 1. The molecule has 3 rings (SSSR count). The van der Waals surface area contributed by atoms with Crippen LogP contribution in [0.15, 0.2) is 60.7 Å². The smallest absolute Gasteiger partial charge is 0.305 e. The Kier molecular flexibility index (Phi) is 12.3. The standard InChI is InChI=1S/C28H35NO4.C2H6/c1-21-10-6-7-13-25(21)22-11-9-12-23(20-22)26(30)17-15-24-16-18-27(31)29(24)19-8-4-3-5-14-28(32)33-2;1-2/h6-7,9-13,15,17,20,24,26,30H,3-5,8,14,16,18-19H2,1-2H3;1-2H3/b17-15+;. The van der Waals surface area contributed by atoms with Gasteiger partial charge in [-0.05, 0) is 54.5 Å². The largest absolute Gasteiger partial charge is 0.469 e. The van der Waals surface area contributed by atoms with Gasteiger partial charge in [-0.3, -0.25) is 9.59 Å². The Morgan fingerprint density at radius 3 is 2.60 bits per heavy atom. The Morgan fingerprint density at radius 1 is 1.11 bits per heavy atom. The molecule has 1 aliphatic rings. The molecular weight excluding hydrogens is 438 g/mol. The van der Waals surface area contributed by atoms with Gasteiger partial charge in [0.15, 0.2) is 0 Å². The number of ether oxygens (including phenoxy) is 1. The van der Waals surface area contributed by atoms with Gasteiger partial charge in [-0.1, -0.05) is 81.3 Å². The van der Waals surface area contributed by atoms with Gasteiger partial charge in [0, 0.05) is 19.4 Å². The number of hydrogen-bond acceptors (Lipinski definition) is 4. The zero-order valence-electron chi connectivity index (χ0n) is 21.7. The van der Waals surface area contributed by atoms with Crippen molar-refractivity contribution in [2.75, 3.05) is 13.7 Å². The molecule has 1 heterocycles. The summed E-state index contributed by atoms with van der Waals surface area (Å²) < 4.78 is 4.66. The molecule has 5 nitrogen and oxygen atoms in total. The van der Waals surface area contributed by atoms with E-state index in [9.17, 15) is 14.7 Å². The summed E-state index contributed by atoms with van der Waals surface area (Å²) in [7, 11) is 1.41. The van der Waals surface area contributed by atoms with Crippen molar-refractivity contribution in [2.45, 2.75) is 77.9 Å². The van der Waals surface area contributed by atoms with Crippen LogP contribution in [-0.4, -0.2) is 41.6 Å². The zero-order chi connectivity index (χ0) is 25.6. The van der Waals surface area contributed by atoms with Crippen molar-refractivity contribution in [3.05, 3.63) is 71.8 Å². The molecule has 5 heteroatoms.